The van der Waals surface area contributed by atoms with Crippen molar-refractivity contribution in [2.24, 2.45) is 0 Å². The van der Waals surface area contributed by atoms with Gasteiger partial charge in [-0.05, 0) is 105 Å². The molecule has 0 spiro atoms. The van der Waals surface area contributed by atoms with Gasteiger partial charge in [-0.25, -0.2) is 4.98 Å². The van der Waals surface area contributed by atoms with Gasteiger partial charge in [0.25, 0.3) is 0 Å². The SMILES string of the molecule is CC1(C)c2ccc(-n3c4ccccc4c4cc(-c5ccc6c(c5)c5ccccc5n6-c5cnccn5)ccc43)cc2-c2cc3ccccc3cc21. The maximum absolute atomic E-state index is 4.64. The molecule has 11 rings (SSSR count). The van der Waals surface area contributed by atoms with Crippen LogP contribution in [0, 0.1) is 0 Å². The zero-order valence-corrected chi connectivity index (χ0v) is 28.3. The summed E-state index contributed by atoms with van der Waals surface area (Å²) in [6.45, 7) is 4.72. The molecule has 240 valence electrons. The van der Waals surface area contributed by atoms with E-state index in [1.807, 2.05) is 6.20 Å². The number of benzene rings is 7. The van der Waals surface area contributed by atoms with Crippen LogP contribution in [0.4, 0.5) is 0 Å². The number of hydrogen-bond donors (Lipinski definition) is 0. The first-order valence-corrected chi connectivity index (χ1v) is 17.6. The molecule has 51 heavy (non-hydrogen) atoms. The van der Waals surface area contributed by atoms with Gasteiger partial charge in [0, 0.05) is 45.0 Å². The summed E-state index contributed by atoms with van der Waals surface area (Å²) in [7, 11) is 0. The third kappa shape index (κ3) is 3.96. The van der Waals surface area contributed by atoms with Crippen LogP contribution >= 0.6 is 0 Å². The molecule has 3 aromatic heterocycles. The van der Waals surface area contributed by atoms with E-state index in [-0.39, 0.29) is 5.41 Å². The van der Waals surface area contributed by atoms with E-state index in [4.69, 9.17) is 0 Å². The summed E-state index contributed by atoms with van der Waals surface area (Å²) >= 11 is 0. The monoisotopic (exact) mass is 652 g/mol. The number of hydrogen-bond acceptors (Lipinski definition) is 2. The molecule has 0 saturated heterocycles. The maximum atomic E-state index is 4.64. The van der Waals surface area contributed by atoms with Gasteiger partial charge in [0.2, 0.25) is 0 Å². The van der Waals surface area contributed by atoms with Gasteiger partial charge in [-0.3, -0.25) is 9.55 Å². The maximum Gasteiger partial charge on any atom is 0.156 e. The minimum atomic E-state index is -0.0646. The van der Waals surface area contributed by atoms with Crippen LogP contribution in [0.25, 0.3) is 88.1 Å². The summed E-state index contributed by atoms with van der Waals surface area (Å²) in [5.41, 5.74) is 13.6. The Labute approximate surface area is 294 Å². The molecule has 0 radical (unpaired) electrons. The Morgan fingerprint density at radius 2 is 1.06 bits per heavy atom. The quantitative estimate of drug-likeness (QED) is 0.190. The first kappa shape index (κ1) is 28.3. The highest BCUT2D eigenvalue weighted by Crippen LogP contribution is 2.51. The molecule has 4 heteroatoms. The molecule has 0 atom stereocenters. The fourth-order valence-corrected chi connectivity index (χ4v) is 8.80. The third-order valence-electron chi connectivity index (χ3n) is 11.2. The van der Waals surface area contributed by atoms with E-state index in [2.05, 4.69) is 172 Å². The van der Waals surface area contributed by atoms with Gasteiger partial charge in [-0.15, -0.1) is 0 Å². The number of aromatic nitrogens is 4. The van der Waals surface area contributed by atoms with E-state index in [1.54, 1.807) is 12.4 Å². The average Bonchev–Trinajstić information content (AvgIpc) is 3.76. The first-order valence-electron chi connectivity index (χ1n) is 17.6. The van der Waals surface area contributed by atoms with Gasteiger partial charge in [0.1, 0.15) is 0 Å². The lowest BCUT2D eigenvalue weighted by molar-refractivity contribution is 0.661. The molecule has 3 heterocycles. The van der Waals surface area contributed by atoms with Gasteiger partial charge >= 0.3 is 0 Å². The molecular weight excluding hydrogens is 621 g/mol. The van der Waals surface area contributed by atoms with Crippen molar-refractivity contribution in [2.75, 3.05) is 0 Å². The van der Waals surface area contributed by atoms with Gasteiger partial charge in [-0.1, -0.05) is 92.7 Å². The predicted octanol–water partition coefficient (Wildman–Crippen LogP) is 11.8. The summed E-state index contributed by atoms with van der Waals surface area (Å²) < 4.78 is 4.65. The molecule has 0 amide bonds. The summed E-state index contributed by atoms with van der Waals surface area (Å²) in [5.74, 6) is 0.817. The second kappa shape index (κ2) is 10.3. The minimum Gasteiger partial charge on any atom is -0.309 e. The van der Waals surface area contributed by atoms with Crippen molar-refractivity contribution >= 4 is 54.4 Å². The van der Waals surface area contributed by atoms with Crippen LogP contribution in [-0.4, -0.2) is 19.1 Å². The van der Waals surface area contributed by atoms with E-state index < -0.39 is 0 Å². The second-order valence-electron chi connectivity index (χ2n) is 14.3. The Kier molecular flexibility index (Phi) is 5.70. The normalized spacial score (nSPS) is 13.5. The van der Waals surface area contributed by atoms with Gasteiger partial charge in [0.05, 0.1) is 28.3 Å². The Morgan fingerprint density at radius 3 is 1.75 bits per heavy atom. The molecule has 1 aliphatic rings. The number of rotatable bonds is 3. The van der Waals surface area contributed by atoms with Crippen LogP contribution in [0.15, 0.2) is 158 Å². The molecule has 1 aliphatic carbocycles. The van der Waals surface area contributed by atoms with Crippen LogP contribution in [0.1, 0.15) is 25.0 Å². The molecular formula is C47H32N4. The lowest BCUT2D eigenvalue weighted by atomic mass is 9.82. The van der Waals surface area contributed by atoms with Gasteiger partial charge in [-0.2, -0.15) is 0 Å². The molecule has 0 aliphatic heterocycles. The smallest absolute Gasteiger partial charge is 0.156 e. The van der Waals surface area contributed by atoms with Crippen LogP contribution in [0.2, 0.25) is 0 Å². The second-order valence-corrected chi connectivity index (χ2v) is 14.3. The van der Waals surface area contributed by atoms with E-state index in [1.165, 1.54) is 82.4 Å². The van der Waals surface area contributed by atoms with Crippen molar-refractivity contribution in [1.29, 1.82) is 0 Å². The first-order chi connectivity index (χ1) is 25.0. The van der Waals surface area contributed by atoms with Crippen LogP contribution in [0.5, 0.6) is 0 Å². The zero-order valence-electron chi connectivity index (χ0n) is 28.3. The minimum absolute atomic E-state index is 0.0646. The Morgan fingerprint density at radius 1 is 0.471 bits per heavy atom. The predicted molar refractivity (Wildman–Crippen MR) is 211 cm³/mol. The molecule has 10 aromatic rings. The van der Waals surface area contributed by atoms with E-state index in [0.29, 0.717) is 0 Å². The Bertz CT molecular complexity index is 3050. The van der Waals surface area contributed by atoms with Crippen LogP contribution in [0.3, 0.4) is 0 Å². The summed E-state index contributed by atoms with van der Waals surface area (Å²) in [4.78, 5) is 9.00. The summed E-state index contributed by atoms with van der Waals surface area (Å²) in [5, 5.41) is 7.48. The van der Waals surface area contributed by atoms with Crippen LogP contribution in [-0.2, 0) is 5.41 Å². The standard InChI is InChI=1S/C47H32N4/c1-47(2)40-18-17-33(27-37(40)36-23-29-9-3-4-10-30(29)26-41(36)47)50-42-13-7-5-11-34(42)38-24-31(15-19-44(38)50)32-16-20-45-39(25-32)35-12-6-8-14-43(35)51(45)46-28-48-21-22-49-46/h3-28H,1-2H3. The molecule has 0 fully saturated rings. The summed E-state index contributed by atoms with van der Waals surface area (Å²) in [6.07, 6.45) is 5.29. The lowest BCUT2D eigenvalue weighted by Crippen LogP contribution is -2.15. The average molecular weight is 653 g/mol. The van der Waals surface area contributed by atoms with Crippen molar-refractivity contribution in [3.63, 3.8) is 0 Å². The fourth-order valence-electron chi connectivity index (χ4n) is 8.80. The lowest BCUT2D eigenvalue weighted by Gasteiger charge is -2.22. The van der Waals surface area contributed by atoms with Gasteiger partial charge in [0.15, 0.2) is 5.82 Å². The van der Waals surface area contributed by atoms with Crippen molar-refractivity contribution in [3.8, 4) is 33.8 Å². The van der Waals surface area contributed by atoms with Crippen molar-refractivity contribution in [3.05, 3.63) is 169 Å². The van der Waals surface area contributed by atoms with Crippen LogP contribution < -0.4 is 0 Å². The van der Waals surface area contributed by atoms with Crippen molar-refractivity contribution < 1.29 is 0 Å². The zero-order chi connectivity index (χ0) is 33.8. The summed E-state index contributed by atoms with van der Waals surface area (Å²) in [6, 6.07) is 51.7. The Hall–Kier alpha value is -6.52. The Balaban J connectivity index is 1.09. The fraction of sp³-hybridized carbons (Fsp3) is 0.0638. The van der Waals surface area contributed by atoms with Crippen molar-refractivity contribution in [1.82, 2.24) is 19.1 Å². The van der Waals surface area contributed by atoms with E-state index in [9.17, 15) is 0 Å². The molecule has 0 N–H and O–H groups in total. The third-order valence-corrected chi connectivity index (χ3v) is 11.2. The molecule has 4 nitrogen and oxygen atoms in total. The van der Waals surface area contributed by atoms with Gasteiger partial charge < -0.3 is 4.57 Å². The van der Waals surface area contributed by atoms with E-state index in [0.717, 1.165) is 16.9 Å². The van der Waals surface area contributed by atoms with E-state index >= 15 is 0 Å². The molecule has 0 saturated carbocycles. The highest BCUT2D eigenvalue weighted by Gasteiger charge is 2.36. The highest BCUT2D eigenvalue weighted by molar-refractivity contribution is 6.12. The molecule has 0 unspecified atom stereocenters. The number of nitrogens with zero attached hydrogens (tertiary/aromatic N) is 4. The number of para-hydroxylation sites is 2. The largest absolute Gasteiger partial charge is 0.309 e. The molecule has 7 aromatic carbocycles. The highest BCUT2D eigenvalue weighted by atomic mass is 15.1. The topological polar surface area (TPSA) is 35.6 Å². The number of fused-ring (bicyclic) bond motifs is 10. The molecule has 0 bridgehead atoms. The van der Waals surface area contributed by atoms with Crippen molar-refractivity contribution in [2.45, 2.75) is 19.3 Å².